The summed E-state index contributed by atoms with van der Waals surface area (Å²) in [6, 6.07) is 9.66. The molecule has 1 fully saturated rings. The van der Waals surface area contributed by atoms with Gasteiger partial charge in [0, 0.05) is 17.3 Å². The minimum Gasteiger partial charge on any atom is -0.347 e. The molecule has 2 heterocycles. The van der Waals surface area contributed by atoms with Crippen LogP contribution in [-0.4, -0.2) is 47.9 Å². The molecule has 0 aliphatic carbocycles. The van der Waals surface area contributed by atoms with Crippen LogP contribution < -0.4 is 10.6 Å². The summed E-state index contributed by atoms with van der Waals surface area (Å²) in [5.74, 6) is -0.0273. The largest absolute Gasteiger partial charge is 0.347 e. The number of carbonyl (C=O) groups is 2. The average molecular weight is 374 g/mol. The lowest BCUT2D eigenvalue weighted by Gasteiger charge is -2.10. The minimum atomic E-state index is -3.06. The fourth-order valence-corrected chi connectivity index (χ4v) is 4.33. The molecule has 8 nitrogen and oxygen atoms in total. The van der Waals surface area contributed by atoms with Gasteiger partial charge in [-0.25, -0.2) is 8.42 Å². The van der Waals surface area contributed by atoms with Crippen molar-refractivity contribution >= 4 is 33.0 Å². The van der Waals surface area contributed by atoms with Gasteiger partial charge in [0.25, 0.3) is 5.91 Å². The Morgan fingerprint density at radius 3 is 2.58 bits per heavy atom. The molecular weight excluding hydrogens is 356 g/mol. The third-order valence-electron chi connectivity index (χ3n) is 4.01. The Hall–Kier alpha value is -2.81. The smallest absolute Gasteiger partial charge is 0.272 e. The molecule has 1 aliphatic heterocycles. The number of Topliss-reactive ketones (excluding diaryl/α,β-unsaturated/α-hetero) is 1. The Kier molecular flexibility index (Phi) is 4.99. The van der Waals surface area contributed by atoms with Gasteiger partial charge in [0.15, 0.2) is 27.1 Å². The molecule has 136 valence electrons. The molecule has 1 aliphatic rings. The Bertz CT molecular complexity index is 941. The van der Waals surface area contributed by atoms with Crippen molar-refractivity contribution in [1.82, 2.24) is 15.5 Å². The van der Waals surface area contributed by atoms with Crippen LogP contribution in [0.1, 0.15) is 34.2 Å². The first kappa shape index (κ1) is 18.0. The maximum Gasteiger partial charge on any atom is 0.272 e. The molecule has 1 amide bonds. The van der Waals surface area contributed by atoms with Gasteiger partial charge in [-0.15, -0.1) is 10.2 Å². The van der Waals surface area contributed by atoms with Crippen LogP contribution in [0.25, 0.3) is 0 Å². The molecule has 2 aromatic rings. The van der Waals surface area contributed by atoms with E-state index >= 15 is 0 Å². The number of hydrogen-bond acceptors (Lipinski definition) is 7. The van der Waals surface area contributed by atoms with Gasteiger partial charge in [-0.1, -0.05) is 12.1 Å². The number of benzene rings is 1. The third-order valence-corrected chi connectivity index (χ3v) is 5.77. The molecular formula is C17H18N4O4S. The molecule has 0 bridgehead atoms. The summed E-state index contributed by atoms with van der Waals surface area (Å²) in [7, 11) is -3.06. The lowest BCUT2D eigenvalue weighted by molar-refractivity contribution is 0.0934. The normalized spacial score (nSPS) is 18.3. The summed E-state index contributed by atoms with van der Waals surface area (Å²) in [6.45, 7) is 1.49. The zero-order chi connectivity index (χ0) is 18.7. The van der Waals surface area contributed by atoms with Crippen LogP contribution in [0.4, 0.5) is 11.5 Å². The number of aromatic nitrogens is 2. The van der Waals surface area contributed by atoms with E-state index in [1.165, 1.54) is 13.0 Å². The van der Waals surface area contributed by atoms with Crippen molar-refractivity contribution in [2.45, 2.75) is 19.4 Å². The molecule has 1 unspecified atom stereocenters. The summed E-state index contributed by atoms with van der Waals surface area (Å²) >= 11 is 0. The van der Waals surface area contributed by atoms with Crippen LogP contribution in [0.2, 0.25) is 0 Å². The maximum atomic E-state index is 12.1. The first-order valence-corrected chi connectivity index (χ1v) is 9.87. The molecule has 0 radical (unpaired) electrons. The molecule has 26 heavy (non-hydrogen) atoms. The molecule has 0 saturated carbocycles. The summed E-state index contributed by atoms with van der Waals surface area (Å²) in [4.78, 5) is 23.5. The lowest BCUT2D eigenvalue weighted by Crippen LogP contribution is -2.36. The number of ketones is 1. The second-order valence-corrected chi connectivity index (χ2v) is 8.37. The molecule has 2 N–H and O–H groups in total. The van der Waals surface area contributed by atoms with Crippen molar-refractivity contribution in [1.29, 1.82) is 0 Å². The monoisotopic (exact) mass is 374 g/mol. The fraction of sp³-hybridized carbons (Fsp3) is 0.294. The van der Waals surface area contributed by atoms with E-state index in [4.69, 9.17) is 0 Å². The minimum absolute atomic E-state index is 0.0410. The molecule has 1 aromatic heterocycles. The number of nitrogens with zero attached hydrogens (tertiary/aromatic N) is 2. The van der Waals surface area contributed by atoms with Crippen molar-refractivity contribution in [2.75, 3.05) is 16.8 Å². The Morgan fingerprint density at radius 1 is 1.15 bits per heavy atom. The van der Waals surface area contributed by atoms with E-state index in [2.05, 4.69) is 20.8 Å². The summed E-state index contributed by atoms with van der Waals surface area (Å²) < 4.78 is 22.9. The number of sulfone groups is 1. The molecule has 0 spiro atoms. The number of carbonyl (C=O) groups excluding carboxylic acids is 2. The van der Waals surface area contributed by atoms with Crippen LogP contribution in [-0.2, 0) is 9.84 Å². The van der Waals surface area contributed by atoms with E-state index in [1.54, 1.807) is 30.3 Å². The highest BCUT2D eigenvalue weighted by atomic mass is 32.2. The molecule has 1 aromatic carbocycles. The number of amides is 1. The van der Waals surface area contributed by atoms with E-state index < -0.39 is 15.7 Å². The number of rotatable bonds is 5. The quantitative estimate of drug-likeness (QED) is 0.758. The third kappa shape index (κ3) is 4.42. The van der Waals surface area contributed by atoms with Crippen LogP contribution in [0.15, 0.2) is 36.4 Å². The van der Waals surface area contributed by atoms with Crippen molar-refractivity contribution in [3.63, 3.8) is 0 Å². The van der Waals surface area contributed by atoms with Crippen molar-refractivity contribution < 1.29 is 18.0 Å². The van der Waals surface area contributed by atoms with Crippen molar-refractivity contribution in [3.05, 3.63) is 47.7 Å². The van der Waals surface area contributed by atoms with E-state index in [9.17, 15) is 18.0 Å². The van der Waals surface area contributed by atoms with Gasteiger partial charge < -0.3 is 10.6 Å². The van der Waals surface area contributed by atoms with Crippen molar-refractivity contribution in [3.8, 4) is 0 Å². The summed E-state index contributed by atoms with van der Waals surface area (Å²) in [5, 5.41) is 13.5. The van der Waals surface area contributed by atoms with Gasteiger partial charge in [-0.05, 0) is 37.6 Å². The highest BCUT2D eigenvalue weighted by Gasteiger charge is 2.29. The van der Waals surface area contributed by atoms with E-state index in [0.29, 0.717) is 23.5 Å². The average Bonchev–Trinajstić information content (AvgIpc) is 2.94. The van der Waals surface area contributed by atoms with Crippen molar-refractivity contribution in [2.24, 2.45) is 0 Å². The zero-order valence-electron chi connectivity index (χ0n) is 14.1. The zero-order valence-corrected chi connectivity index (χ0v) is 14.9. The van der Waals surface area contributed by atoms with Gasteiger partial charge in [-0.2, -0.15) is 0 Å². The standard InChI is InChI=1S/C17H18N4O4S/c1-11(22)12-3-2-4-13(9-12)18-16-6-5-15(20-21-16)17(23)19-14-7-8-26(24,25)10-14/h2-6,9,14H,7-8,10H2,1H3,(H,18,21)(H,19,23). The van der Waals surface area contributed by atoms with Crippen LogP contribution in [0, 0.1) is 0 Å². The van der Waals surface area contributed by atoms with E-state index in [-0.39, 0.29) is 29.0 Å². The van der Waals surface area contributed by atoms with Crippen LogP contribution >= 0.6 is 0 Å². The number of anilines is 2. The molecule has 9 heteroatoms. The van der Waals surface area contributed by atoms with Gasteiger partial charge >= 0.3 is 0 Å². The summed E-state index contributed by atoms with van der Waals surface area (Å²) in [6.07, 6.45) is 0.410. The van der Waals surface area contributed by atoms with Gasteiger partial charge in [-0.3, -0.25) is 9.59 Å². The van der Waals surface area contributed by atoms with E-state index in [0.717, 1.165) is 0 Å². The molecule has 3 rings (SSSR count). The van der Waals surface area contributed by atoms with E-state index in [1.807, 2.05) is 0 Å². The predicted octanol–water partition coefficient (Wildman–Crippen LogP) is 1.34. The van der Waals surface area contributed by atoms with Gasteiger partial charge in [0.05, 0.1) is 11.5 Å². The van der Waals surface area contributed by atoms with Crippen LogP contribution in [0.3, 0.4) is 0 Å². The molecule has 1 saturated heterocycles. The lowest BCUT2D eigenvalue weighted by atomic mass is 10.1. The Morgan fingerprint density at radius 2 is 1.96 bits per heavy atom. The van der Waals surface area contributed by atoms with Gasteiger partial charge in [0.2, 0.25) is 0 Å². The Balaban J connectivity index is 1.64. The second-order valence-electron chi connectivity index (χ2n) is 6.14. The fourth-order valence-electron chi connectivity index (χ4n) is 2.65. The molecule has 1 atom stereocenters. The Labute approximate surface area is 150 Å². The summed E-state index contributed by atoms with van der Waals surface area (Å²) in [5.41, 5.74) is 1.36. The second kappa shape index (κ2) is 7.20. The highest BCUT2D eigenvalue weighted by Crippen LogP contribution is 2.16. The number of hydrogen-bond donors (Lipinski definition) is 2. The first-order valence-electron chi connectivity index (χ1n) is 8.05. The predicted molar refractivity (Wildman–Crippen MR) is 96.3 cm³/mol. The van der Waals surface area contributed by atoms with Crippen LogP contribution in [0.5, 0.6) is 0 Å². The maximum absolute atomic E-state index is 12.1. The highest BCUT2D eigenvalue weighted by molar-refractivity contribution is 7.91. The topological polar surface area (TPSA) is 118 Å². The van der Waals surface area contributed by atoms with Gasteiger partial charge in [0.1, 0.15) is 0 Å². The SMILES string of the molecule is CC(=O)c1cccc(Nc2ccc(C(=O)NC3CCS(=O)(=O)C3)nn2)c1. The first-order chi connectivity index (χ1) is 12.3. The number of nitrogens with one attached hydrogen (secondary N) is 2.